The van der Waals surface area contributed by atoms with Gasteiger partial charge in [-0.15, -0.1) is 0 Å². The smallest absolute Gasteiger partial charge is 0.347 e. The van der Waals surface area contributed by atoms with E-state index in [0.717, 1.165) is 38.0 Å². The van der Waals surface area contributed by atoms with Crippen molar-refractivity contribution in [1.82, 2.24) is 15.3 Å². The Bertz CT molecular complexity index is 381. The Morgan fingerprint density at radius 1 is 1.47 bits per heavy atom. The number of nitrogens with one attached hydrogen (secondary N) is 2. The molecule has 1 saturated heterocycles. The lowest BCUT2D eigenvalue weighted by molar-refractivity contribution is 0.370. The minimum absolute atomic E-state index is 0.308. The predicted octanol–water partition coefficient (Wildman–Crippen LogP) is -0.106. The van der Waals surface area contributed by atoms with Crippen LogP contribution in [-0.4, -0.2) is 23.1 Å². The number of aromatic amines is 1. The fourth-order valence-electron chi connectivity index (χ4n) is 2.04. The molecule has 4 N–H and O–H groups in total. The van der Waals surface area contributed by atoms with Crippen LogP contribution in [0.3, 0.4) is 0 Å². The summed E-state index contributed by atoms with van der Waals surface area (Å²) in [4.78, 5) is 17.4. The van der Waals surface area contributed by atoms with Crippen molar-refractivity contribution in [3.8, 4) is 0 Å². The Hall–Kier alpha value is -1.36. The standard InChI is InChI=1S/C10H16N4O/c11-9-6-8(13-10(15)14-9)5-7-1-3-12-4-2-7/h6-7,12H,1-5H2,(H3,11,13,14,15). The summed E-state index contributed by atoms with van der Waals surface area (Å²) in [5, 5.41) is 3.31. The zero-order valence-corrected chi connectivity index (χ0v) is 8.62. The van der Waals surface area contributed by atoms with Crippen molar-refractivity contribution in [1.29, 1.82) is 0 Å². The van der Waals surface area contributed by atoms with Gasteiger partial charge in [-0.1, -0.05) is 0 Å². The molecule has 15 heavy (non-hydrogen) atoms. The topological polar surface area (TPSA) is 83.8 Å². The molecule has 0 atom stereocenters. The van der Waals surface area contributed by atoms with Crippen LogP contribution in [0.25, 0.3) is 0 Å². The summed E-state index contributed by atoms with van der Waals surface area (Å²) < 4.78 is 0. The minimum Gasteiger partial charge on any atom is -0.383 e. The van der Waals surface area contributed by atoms with Crippen LogP contribution in [0.1, 0.15) is 18.5 Å². The zero-order chi connectivity index (χ0) is 10.7. The number of nitrogens with zero attached hydrogens (tertiary/aromatic N) is 1. The van der Waals surface area contributed by atoms with Gasteiger partial charge in [-0.3, -0.25) is 0 Å². The number of hydrogen-bond acceptors (Lipinski definition) is 4. The largest absolute Gasteiger partial charge is 0.383 e. The van der Waals surface area contributed by atoms with Gasteiger partial charge in [0.15, 0.2) is 0 Å². The number of nitrogens with two attached hydrogens (primary N) is 1. The first-order chi connectivity index (χ1) is 7.24. The van der Waals surface area contributed by atoms with Crippen molar-refractivity contribution in [2.45, 2.75) is 19.3 Å². The number of aromatic nitrogens is 2. The maximum atomic E-state index is 11.1. The first-order valence-electron chi connectivity index (χ1n) is 5.30. The second-order valence-electron chi connectivity index (χ2n) is 4.03. The van der Waals surface area contributed by atoms with Gasteiger partial charge >= 0.3 is 5.69 Å². The maximum Gasteiger partial charge on any atom is 0.347 e. The van der Waals surface area contributed by atoms with Crippen LogP contribution in [0.15, 0.2) is 10.9 Å². The molecule has 1 aromatic rings. The van der Waals surface area contributed by atoms with E-state index in [1.165, 1.54) is 0 Å². The fraction of sp³-hybridized carbons (Fsp3) is 0.600. The lowest BCUT2D eigenvalue weighted by Crippen LogP contribution is -2.29. The summed E-state index contributed by atoms with van der Waals surface area (Å²) in [7, 11) is 0. The van der Waals surface area contributed by atoms with Crippen molar-refractivity contribution in [2.75, 3.05) is 18.8 Å². The van der Waals surface area contributed by atoms with Crippen molar-refractivity contribution in [3.63, 3.8) is 0 Å². The highest BCUT2D eigenvalue weighted by Crippen LogP contribution is 2.16. The molecule has 1 aliphatic heterocycles. The third-order valence-electron chi connectivity index (χ3n) is 2.79. The normalized spacial score (nSPS) is 17.9. The number of nitrogen functional groups attached to an aromatic ring is 1. The molecule has 0 unspecified atom stereocenters. The molecule has 0 amide bonds. The van der Waals surface area contributed by atoms with Crippen molar-refractivity contribution in [2.24, 2.45) is 5.92 Å². The molecule has 1 aromatic heterocycles. The van der Waals surface area contributed by atoms with E-state index in [0.29, 0.717) is 11.7 Å². The Kier molecular flexibility index (Phi) is 3.01. The average molecular weight is 208 g/mol. The molecule has 1 aliphatic rings. The van der Waals surface area contributed by atoms with Crippen molar-refractivity contribution < 1.29 is 0 Å². The highest BCUT2D eigenvalue weighted by molar-refractivity contribution is 5.28. The number of rotatable bonds is 2. The van der Waals surface area contributed by atoms with E-state index >= 15 is 0 Å². The minimum atomic E-state index is -0.348. The molecule has 0 saturated carbocycles. The van der Waals surface area contributed by atoms with Gasteiger partial charge in [0.05, 0.1) is 0 Å². The first-order valence-corrected chi connectivity index (χ1v) is 5.30. The molecule has 1 fully saturated rings. The van der Waals surface area contributed by atoms with Gasteiger partial charge in [0.2, 0.25) is 0 Å². The van der Waals surface area contributed by atoms with E-state index in [2.05, 4.69) is 15.3 Å². The van der Waals surface area contributed by atoms with Crippen LogP contribution in [-0.2, 0) is 6.42 Å². The van der Waals surface area contributed by atoms with E-state index in [4.69, 9.17) is 5.73 Å². The van der Waals surface area contributed by atoms with Crippen LogP contribution in [0, 0.1) is 5.92 Å². The molecular weight excluding hydrogens is 192 g/mol. The van der Waals surface area contributed by atoms with Crippen molar-refractivity contribution >= 4 is 5.82 Å². The van der Waals surface area contributed by atoms with E-state index in [9.17, 15) is 4.79 Å². The first kappa shape index (κ1) is 10.2. The van der Waals surface area contributed by atoms with Crippen LogP contribution >= 0.6 is 0 Å². The van der Waals surface area contributed by atoms with Gasteiger partial charge in [-0.05, 0) is 44.3 Å². The second kappa shape index (κ2) is 4.44. The van der Waals surface area contributed by atoms with E-state index in [1.54, 1.807) is 6.07 Å². The summed E-state index contributed by atoms with van der Waals surface area (Å²) in [5.74, 6) is 0.950. The van der Waals surface area contributed by atoms with Gasteiger partial charge in [-0.25, -0.2) is 4.79 Å². The van der Waals surface area contributed by atoms with Crippen LogP contribution in [0.4, 0.5) is 5.82 Å². The monoisotopic (exact) mass is 208 g/mol. The van der Waals surface area contributed by atoms with Crippen LogP contribution in [0.5, 0.6) is 0 Å². The fourth-order valence-corrected chi connectivity index (χ4v) is 2.04. The summed E-state index contributed by atoms with van der Waals surface area (Å²) in [6, 6.07) is 1.75. The number of anilines is 1. The number of H-pyrrole nitrogens is 1. The molecule has 2 rings (SSSR count). The highest BCUT2D eigenvalue weighted by Gasteiger charge is 2.14. The number of piperidine rings is 1. The molecule has 5 heteroatoms. The predicted molar refractivity (Wildman–Crippen MR) is 58.6 cm³/mol. The Morgan fingerprint density at radius 2 is 2.20 bits per heavy atom. The summed E-state index contributed by atoms with van der Waals surface area (Å²) >= 11 is 0. The van der Waals surface area contributed by atoms with Crippen molar-refractivity contribution in [3.05, 3.63) is 22.2 Å². The highest BCUT2D eigenvalue weighted by atomic mass is 16.1. The van der Waals surface area contributed by atoms with Crippen LogP contribution in [0.2, 0.25) is 0 Å². The van der Waals surface area contributed by atoms with E-state index < -0.39 is 0 Å². The molecule has 0 spiro atoms. The SMILES string of the molecule is Nc1cc(CC2CCNCC2)[nH]c(=O)n1. The quantitative estimate of drug-likeness (QED) is 0.633. The summed E-state index contributed by atoms with van der Waals surface area (Å²) in [5.41, 5.74) is 6.08. The maximum absolute atomic E-state index is 11.1. The molecule has 5 nitrogen and oxygen atoms in total. The molecule has 0 bridgehead atoms. The number of hydrogen-bond donors (Lipinski definition) is 3. The lowest BCUT2D eigenvalue weighted by atomic mass is 9.93. The molecule has 2 heterocycles. The molecule has 0 aromatic carbocycles. The van der Waals surface area contributed by atoms with Gasteiger partial charge < -0.3 is 16.0 Å². The van der Waals surface area contributed by atoms with Gasteiger partial charge in [-0.2, -0.15) is 4.98 Å². The Balaban J connectivity index is 2.06. The summed E-state index contributed by atoms with van der Waals surface area (Å²) in [6.07, 6.45) is 3.21. The second-order valence-corrected chi connectivity index (χ2v) is 4.03. The lowest BCUT2D eigenvalue weighted by Gasteiger charge is -2.22. The Morgan fingerprint density at radius 3 is 2.87 bits per heavy atom. The zero-order valence-electron chi connectivity index (χ0n) is 8.62. The van der Waals surface area contributed by atoms with Gasteiger partial charge in [0, 0.05) is 5.69 Å². The van der Waals surface area contributed by atoms with Crippen LogP contribution < -0.4 is 16.7 Å². The third-order valence-corrected chi connectivity index (χ3v) is 2.79. The third kappa shape index (κ3) is 2.79. The molecule has 0 aliphatic carbocycles. The molecule has 82 valence electrons. The Labute approximate surface area is 88.1 Å². The van der Waals surface area contributed by atoms with Gasteiger partial charge in [0.25, 0.3) is 0 Å². The molecular formula is C10H16N4O. The molecule has 0 radical (unpaired) electrons. The average Bonchev–Trinajstić information content (AvgIpc) is 2.17. The van der Waals surface area contributed by atoms with E-state index in [1.807, 2.05) is 0 Å². The van der Waals surface area contributed by atoms with Gasteiger partial charge in [0.1, 0.15) is 5.82 Å². The summed E-state index contributed by atoms with van der Waals surface area (Å²) in [6.45, 7) is 2.13. The van der Waals surface area contributed by atoms with E-state index in [-0.39, 0.29) is 5.69 Å².